The minimum atomic E-state index is -4.61. The normalized spacial score (nSPS) is 17.2. The van der Waals surface area contributed by atoms with E-state index in [-0.39, 0.29) is 18.7 Å². The van der Waals surface area contributed by atoms with Gasteiger partial charge >= 0.3 is 12.2 Å². The number of ether oxygens (including phenoxy) is 2. The highest BCUT2D eigenvalue weighted by Crippen LogP contribution is 2.34. The Balaban J connectivity index is 2.13. The van der Waals surface area contributed by atoms with E-state index < -0.39 is 17.3 Å². The van der Waals surface area contributed by atoms with E-state index in [9.17, 15) is 18.0 Å². The smallest absolute Gasteiger partial charge is 0.385 e. The number of hydrogen-bond acceptors (Lipinski definition) is 5. The first-order valence-corrected chi connectivity index (χ1v) is 9.20. The molecule has 1 N–H and O–H groups in total. The number of anilines is 1. The lowest BCUT2D eigenvalue weighted by Gasteiger charge is -2.42. The van der Waals surface area contributed by atoms with E-state index in [1.807, 2.05) is 0 Å². The molecule has 0 saturated carbocycles. The number of nitriles is 1. The van der Waals surface area contributed by atoms with Gasteiger partial charge in [-0.05, 0) is 24.6 Å². The second-order valence-electron chi connectivity index (χ2n) is 6.67. The number of nitrogens with one attached hydrogen (secondary N) is 1. The van der Waals surface area contributed by atoms with E-state index in [2.05, 4.69) is 5.32 Å². The molecule has 0 aromatic heterocycles. The van der Waals surface area contributed by atoms with E-state index in [0.717, 1.165) is 6.07 Å². The molecule has 0 spiro atoms. The summed E-state index contributed by atoms with van der Waals surface area (Å²) < 4.78 is 49.9. The van der Waals surface area contributed by atoms with Crippen molar-refractivity contribution in [2.24, 2.45) is 0 Å². The Morgan fingerprint density at radius 3 is 2.69 bits per heavy atom. The molecule has 1 saturated heterocycles. The van der Waals surface area contributed by atoms with Gasteiger partial charge in [-0.25, -0.2) is 4.79 Å². The lowest BCUT2D eigenvalue weighted by atomic mass is 10.1. The molecule has 0 bridgehead atoms. The quantitative estimate of drug-likeness (QED) is 0.694. The molecular formula is C19H25F3N4O3. The number of nitrogens with zero attached hydrogens (tertiary/aromatic N) is 3. The maximum Gasteiger partial charge on any atom is 0.417 e. The molecule has 1 aliphatic heterocycles. The molecule has 1 fully saturated rings. The van der Waals surface area contributed by atoms with Gasteiger partial charge < -0.3 is 24.6 Å². The van der Waals surface area contributed by atoms with E-state index in [1.54, 1.807) is 23.0 Å². The zero-order chi connectivity index (χ0) is 21.4. The van der Waals surface area contributed by atoms with Gasteiger partial charge in [-0.3, -0.25) is 0 Å². The number of amides is 2. The summed E-state index contributed by atoms with van der Waals surface area (Å²) in [6.07, 6.45) is -3.93. The number of alkyl halides is 3. The van der Waals surface area contributed by atoms with Gasteiger partial charge in [-0.2, -0.15) is 18.4 Å². The predicted molar refractivity (Wildman–Crippen MR) is 101 cm³/mol. The van der Waals surface area contributed by atoms with E-state index in [0.29, 0.717) is 44.9 Å². The number of halogens is 3. The molecule has 160 valence electrons. The molecule has 1 unspecified atom stereocenters. The topological polar surface area (TPSA) is 77.8 Å². The van der Waals surface area contributed by atoms with Crippen molar-refractivity contribution < 1.29 is 27.4 Å². The summed E-state index contributed by atoms with van der Waals surface area (Å²) in [5.41, 5.74) is -1.01. The maximum atomic E-state index is 13.3. The minimum absolute atomic E-state index is 0.237. The van der Waals surface area contributed by atoms with E-state index >= 15 is 0 Å². The molecule has 2 rings (SSSR count). The molecule has 7 nitrogen and oxygen atoms in total. The number of hydrogen-bond donors (Lipinski definition) is 1. The van der Waals surface area contributed by atoms with Crippen LogP contribution in [0, 0.1) is 11.3 Å². The summed E-state index contributed by atoms with van der Waals surface area (Å²) in [4.78, 5) is 15.9. The summed E-state index contributed by atoms with van der Waals surface area (Å²) >= 11 is 0. The van der Waals surface area contributed by atoms with Crippen LogP contribution in [0.2, 0.25) is 0 Å². The lowest BCUT2D eigenvalue weighted by molar-refractivity contribution is -0.137. The number of rotatable bonds is 7. The van der Waals surface area contributed by atoms with Crippen molar-refractivity contribution >= 4 is 11.7 Å². The van der Waals surface area contributed by atoms with Gasteiger partial charge in [-0.15, -0.1) is 0 Å². The first-order valence-electron chi connectivity index (χ1n) is 9.20. The third-order valence-corrected chi connectivity index (χ3v) is 4.70. The summed E-state index contributed by atoms with van der Waals surface area (Å²) in [6.45, 7) is 2.29. The van der Waals surface area contributed by atoms with Crippen molar-refractivity contribution in [3.05, 3.63) is 29.3 Å². The van der Waals surface area contributed by atoms with Crippen LogP contribution in [-0.2, 0) is 15.7 Å². The van der Waals surface area contributed by atoms with Gasteiger partial charge in [0.05, 0.1) is 29.8 Å². The van der Waals surface area contributed by atoms with Crippen LogP contribution < -0.4 is 10.2 Å². The van der Waals surface area contributed by atoms with Crippen molar-refractivity contribution in [1.29, 1.82) is 5.26 Å². The Bertz CT molecular complexity index is 736. The monoisotopic (exact) mass is 414 g/mol. The Morgan fingerprint density at radius 2 is 2.07 bits per heavy atom. The van der Waals surface area contributed by atoms with Crippen molar-refractivity contribution in [3.8, 4) is 6.07 Å². The summed E-state index contributed by atoms with van der Waals surface area (Å²) in [5, 5.41) is 11.8. The third kappa shape index (κ3) is 5.98. The Morgan fingerprint density at radius 1 is 1.31 bits per heavy atom. The Kier molecular flexibility index (Phi) is 8.10. The van der Waals surface area contributed by atoms with E-state index in [1.165, 1.54) is 19.2 Å². The second-order valence-corrected chi connectivity index (χ2v) is 6.67. The zero-order valence-corrected chi connectivity index (χ0v) is 16.5. The molecular weight excluding hydrogens is 389 g/mol. The van der Waals surface area contributed by atoms with Crippen LogP contribution in [0.3, 0.4) is 0 Å². The second kappa shape index (κ2) is 10.3. The molecule has 2 amide bonds. The van der Waals surface area contributed by atoms with Crippen LogP contribution in [0.5, 0.6) is 0 Å². The highest BCUT2D eigenvalue weighted by molar-refractivity contribution is 5.75. The molecule has 10 heteroatoms. The number of urea groups is 1. The third-order valence-electron chi connectivity index (χ3n) is 4.70. The molecule has 1 aromatic rings. The highest BCUT2D eigenvalue weighted by Gasteiger charge is 2.35. The molecule has 0 radical (unpaired) electrons. The Labute approximate surface area is 168 Å². The molecule has 1 aliphatic rings. The molecule has 1 heterocycles. The van der Waals surface area contributed by atoms with Gasteiger partial charge in [0.1, 0.15) is 0 Å². The van der Waals surface area contributed by atoms with E-state index in [4.69, 9.17) is 14.7 Å². The number of carbonyl (C=O) groups is 1. The van der Waals surface area contributed by atoms with Crippen molar-refractivity contribution in [1.82, 2.24) is 10.2 Å². The number of methoxy groups -OCH3 is 2. The van der Waals surface area contributed by atoms with Crippen molar-refractivity contribution in [2.75, 3.05) is 58.5 Å². The number of benzene rings is 1. The van der Waals surface area contributed by atoms with Gasteiger partial charge in [0.2, 0.25) is 0 Å². The first kappa shape index (κ1) is 22.8. The Hall–Kier alpha value is -2.51. The van der Waals surface area contributed by atoms with Crippen LogP contribution in [0.1, 0.15) is 17.5 Å². The maximum absolute atomic E-state index is 13.3. The van der Waals surface area contributed by atoms with Gasteiger partial charge in [-0.1, -0.05) is 0 Å². The average Bonchev–Trinajstić information content (AvgIpc) is 2.70. The first-order chi connectivity index (χ1) is 13.8. The number of piperazine rings is 1. The van der Waals surface area contributed by atoms with Crippen LogP contribution >= 0.6 is 0 Å². The molecule has 1 aromatic carbocycles. The standard InChI is InChI=1S/C19H25F3N4O3/c1-28-9-3-6-24-18(27)26-8-7-25(12-16(26)13-29-2)15-5-4-14(11-23)17(10-15)19(20,21)22/h4-5,10,16H,3,6-9,12-13H2,1-2H3,(H,24,27). The predicted octanol–water partition coefficient (Wildman–Crippen LogP) is 2.46. The SMILES string of the molecule is COCCCNC(=O)N1CCN(c2ccc(C#N)c(C(F)(F)F)c2)CC1COC. The molecule has 0 aliphatic carbocycles. The zero-order valence-electron chi connectivity index (χ0n) is 16.5. The number of carbonyl (C=O) groups excluding carboxylic acids is 1. The summed E-state index contributed by atoms with van der Waals surface area (Å²) in [5.74, 6) is 0. The van der Waals surface area contributed by atoms with Crippen LogP contribution in [0.25, 0.3) is 0 Å². The summed E-state index contributed by atoms with van der Waals surface area (Å²) in [6, 6.07) is 4.69. The van der Waals surface area contributed by atoms with Crippen LogP contribution in [-0.4, -0.2) is 70.6 Å². The fourth-order valence-corrected chi connectivity index (χ4v) is 3.27. The average molecular weight is 414 g/mol. The molecule has 29 heavy (non-hydrogen) atoms. The van der Waals surface area contributed by atoms with Gasteiger partial charge in [0.15, 0.2) is 0 Å². The highest BCUT2D eigenvalue weighted by atomic mass is 19.4. The van der Waals surface area contributed by atoms with Gasteiger partial charge in [0, 0.05) is 52.7 Å². The lowest BCUT2D eigenvalue weighted by Crippen LogP contribution is -2.59. The summed E-state index contributed by atoms with van der Waals surface area (Å²) in [7, 11) is 3.10. The van der Waals surface area contributed by atoms with Crippen molar-refractivity contribution in [2.45, 2.75) is 18.6 Å². The van der Waals surface area contributed by atoms with Gasteiger partial charge in [0.25, 0.3) is 0 Å². The fourth-order valence-electron chi connectivity index (χ4n) is 3.27. The largest absolute Gasteiger partial charge is 0.417 e. The fraction of sp³-hybridized carbons (Fsp3) is 0.579. The van der Waals surface area contributed by atoms with Crippen LogP contribution in [0.4, 0.5) is 23.7 Å². The van der Waals surface area contributed by atoms with Crippen LogP contribution in [0.15, 0.2) is 18.2 Å². The minimum Gasteiger partial charge on any atom is -0.385 e. The van der Waals surface area contributed by atoms with Crippen molar-refractivity contribution in [3.63, 3.8) is 0 Å². The molecule has 1 atom stereocenters.